The number of halogens is 2. The molecule has 46 heavy (non-hydrogen) atoms. The van der Waals surface area contributed by atoms with Gasteiger partial charge in [0.2, 0.25) is 11.8 Å². The van der Waals surface area contributed by atoms with Gasteiger partial charge in [0.1, 0.15) is 24.2 Å². The maximum Gasteiger partial charge on any atom is 0.306 e. The average molecular weight is 644 g/mol. The van der Waals surface area contributed by atoms with Crippen molar-refractivity contribution in [3.8, 4) is 11.6 Å². The second-order valence-electron chi connectivity index (χ2n) is 14.3. The second-order valence-corrected chi connectivity index (χ2v) is 14.3. The number of carbonyl (C=O) groups excluding carboxylic acids is 3. The molecule has 2 aromatic rings. The Hall–Kier alpha value is -3.41. The van der Waals surface area contributed by atoms with Crippen molar-refractivity contribution in [2.75, 3.05) is 20.3 Å². The van der Waals surface area contributed by atoms with Gasteiger partial charge in [-0.15, -0.1) is 0 Å². The first kappa shape index (κ1) is 32.5. The molecule has 0 N–H and O–H groups in total. The summed E-state index contributed by atoms with van der Waals surface area (Å²) in [5, 5.41) is 0. The molecule has 1 aromatic heterocycles. The molecule has 2 saturated carbocycles. The fourth-order valence-electron chi connectivity index (χ4n) is 7.53. The van der Waals surface area contributed by atoms with E-state index in [1.165, 1.54) is 12.0 Å². The normalized spacial score (nSPS) is 33.2. The first-order valence-electron chi connectivity index (χ1n) is 16.3. The van der Waals surface area contributed by atoms with Gasteiger partial charge in [0.25, 0.3) is 5.92 Å². The van der Waals surface area contributed by atoms with Gasteiger partial charge in [-0.3, -0.25) is 9.59 Å². The van der Waals surface area contributed by atoms with Gasteiger partial charge < -0.3 is 28.6 Å². The highest BCUT2D eigenvalue weighted by molar-refractivity contribution is 5.87. The van der Waals surface area contributed by atoms with Crippen molar-refractivity contribution < 1.29 is 42.1 Å². The molecule has 0 spiro atoms. The highest BCUT2D eigenvalue weighted by Crippen LogP contribution is 2.54. The van der Waals surface area contributed by atoms with Crippen molar-refractivity contribution in [1.29, 1.82) is 0 Å². The number of rotatable bonds is 3. The summed E-state index contributed by atoms with van der Waals surface area (Å²) >= 11 is 0. The minimum Gasteiger partial charge on any atom is -0.497 e. The second kappa shape index (κ2) is 12.3. The fourth-order valence-corrected chi connectivity index (χ4v) is 7.53. The first-order valence-corrected chi connectivity index (χ1v) is 16.3. The molecule has 3 heterocycles. The molecule has 10 nitrogen and oxygen atoms in total. The molecule has 1 aromatic carbocycles. The van der Waals surface area contributed by atoms with Gasteiger partial charge in [-0.05, 0) is 55.1 Å². The molecule has 8 atom stereocenters. The predicted octanol–water partition coefficient (Wildman–Crippen LogP) is 5.10. The van der Waals surface area contributed by atoms with Crippen LogP contribution in [0.3, 0.4) is 0 Å². The predicted molar refractivity (Wildman–Crippen MR) is 162 cm³/mol. The molecule has 4 aliphatic rings. The number of ether oxygens (including phenoxy) is 4. The Kier molecular flexibility index (Phi) is 8.71. The van der Waals surface area contributed by atoms with Crippen LogP contribution in [-0.2, 0) is 29.8 Å². The van der Waals surface area contributed by atoms with E-state index in [-0.39, 0.29) is 55.3 Å². The molecule has 12 heteroatoms. The van der Waals surface area contributed by atoms with Crippen LogP contribution in [0.2, 0.25) is 0 Å². The van der Waals surface area contributed by atoms with Crippen molar-refractivity contribution >= 4 is 29.2 Å². The van der Waals surface area contributed by atoms with Gasteiger partial charge in [0.15, 0.2) is 5.69 Å². The zero-order valence-electron chi connectivity index (χ0n) is 27.0. The number of nitrogens with zero attached hydrogens (tertiary/aromatic N) is 3. The van der Waals surface area contributed by atoms with E-state index in [1.807, 2.05) is 27.7 Å². The molecule has 2 bridgehead atoms. The third-order valence-corrected chi connectivity index (χ3v) is 10.2. The molecule has 2 unspecified atom stereocenters. The van der Waals surface area contributed by atoms with Crippen LogP contribution in [0.25, 0.3) is 11.0 Å². The number of methoxy groups -OCH3 is 1. The van der Waals surface area contributed by atoms with Crippen LogP contribution in [0.1, 0.15) is 71.9 Å². The summed E-state index contributed by atoms with van der Waals surface area (Å²) in [7, 11) is 1.49. The Bertz CT molecular complexity index is 1500. The number of fused-ring (bicyclic) bond motifs is 7. The maximum atomic E-state index is 16.1. The molecule has 1 saturated heterocycles. The van der Waals surface area contributed by atoms with Crippen LogP contribution in [0, 0.1) is 29.1 Å². The summed E-state index contributed by atoms with van der Waals surface area (Å²) in [4.78, 5) is 50.4. The van der Waals surface area contributed by atoms with E-state index < -0.39 is 59.5 Å². The molecule has 0 radical (unpaired) electrons. The van der Waals surface area contributed by atoms with E-state index in [0.29, 0.717) is 36.3 Å². The van der Waals surface area contributed by atoms with Gasteiger partial charge in [0.05, 0.1) is 49.2 Å². The number of esters is 1. The van der Waals surface area contributed by atoms with Gasteiger partial charge in [-0.25, -0.2) is 9.97 Å². The maximum absolute atomic E-state index is 16.1. The number of carbonyl (C=O) groups is 3. The largest absolute Gasteiger partial charge is 0.497 e. The zero-order valence-corrected chi connectivity index (χ0v) is 27.0. The lowest BCUT2D eigenvalue weighted by molar-refractivity contribution is -0.162. The molecule has 1 amide bonds. The number of aldehydes is 1. The zero-order chi connectivity index (χ0) is 33.0. The van der Waals surface area contributed by atoms with Crippen LogP contribution in [0.5, 0.6) is 11.6 Å². The average Bonchev–Trinajstić information content (AvgIpc) is 3.55. The monoisotopic (exact) mass is 643 g/mol. The number of hydrogen-bond donors (Lipinski definition) is 0. The van der Waals surface area contributed by atoms with Gasteiger partial charge >= 0.3 is 5.97 Å². The summed E-state index contributed by atoms with van der Waals surface area (Å²) in [5.41, 5.74) is -0.679. The van der Waals surface area contributed by atoms with Crippen LogP contribution >= 0.6 is 0 Å². The standard InChI is InChI=1S/C34H43F2N3O7/c1-6-20-25(17-40)39-16-27(20)46-31-30(37-23-9-8-19(43-5)14-24(23)38-31)34(35,36)10-7-11-44-29-21-12-18(21)13-26(29)45-28(41)15-22(32(39)42)33(2,3)4/h8-9,14,17-18,20-22,25-27,29H,6-7,10-13,15-16H2,1-5H3/t18?,20-,21?,22+,25+,26+,27-,29+/m0/s1. The third-order valence-electron chi connectivity index (χ3n) is 10.2. The Labute approximate surface area is 267 Å². The van der Waals surface area contributed by atoms with Gasteiger partial charge in [-0.2, -0.15) is 8.78 Å². The SMILES string of the molecule is CC[C@@H]1[C@@H]2CN(C(=O)[C@H](C(C)(C)C)CC(=O)O[C@@H]3CC4CC4[C@H]3OCCCC(F)(F)c3nc4ccc(OC)cc4nc3O2)[C@@H]1C=O. The summed E-state index contributed by atoms with van der Waals surface area (Å²) in [5.74, 6) is -4.86. The van der Waals surface area contributed by atoms with Crippen molar-refractivity contribution in [1.82, 2.24) is 14.9 Å². The highest BCUT2D eigenvalue weighted by atomic mass is 19.3. The minimum atomic E-state index is -3.42. The number of benzene rings is 1. The van der Waals surface area contributed by atoms with E-state index in [4.69, 9.17) is 18.9 Å². The molecular formula is C34H43F2N3O7. The Morgan fingerprint density at radius 3 is 2.59 bits per heavy atom. The summed E-state index contributed by atoms with van der Waals surface area (Å²) in [6.07, 6.45) is 0.380. The van der Waals surface area contributed by atoms with Crippen LogP contribution in [-0.4, -0.2) is 77.6 Å². The lowest BCUT2D eigenvalue weighted by atomic mass is 9.77. The molecule has 3 fully saturated rings. The summed E-state index contributed by atoms with van der Waals surface area (Å²) in [6, 6.07) is 3.92. The van der Waals surface area contributed by atoms with E-state index in [0.717, 1.165) is 6.42 Å². The molecule has 2 aliphatic heterocycles. The Balaban J connectivity index is 1.41. The number of alkyl halides is 2. The highest BCUT2D eigenvalue weighted by Gasteiger charge is 2.56. The van der Waals surface area contributed by atoms with Crippen molar-refractivity contribution in [2.45, 2.75) is 96.5 Å². The summed E-state index contributed by atoms with van der Waals surface area (Å²) < 4.78 is 55.7. The molecule has 2 aliphatic carbocycles. The molecule has 6 rings (SSSR count). The van der Waals surface area contributed by atoms with E-state index in [9.17, 15) is 14.4 Å². The van der Waals surface area contributed by atoms with E-state index in [1.54, 1.807) is 18.2 Å². The first-order chi connectivity index (χ1) is 21.8. The van der Waals surface area contributed by atoms with Crippen LogP contribution in [0.15, 0.2) is 18.2 Å². The van der Waals surface area contributed by atoms with E-state index >= 15 is 8.78 Å². The number of aromatic nitrogens is 2. The lowest BCUT2D eigenvalue weighted by Gasteiger charge is -2.34. The van der Waals surface area contributed by atoms with Crippen LogP contribution < -0.4 is 9.47 Å². The quantitative estimate of drug-likeness (QED) is 0.333. The van der Waals surface area contributed by atoms with Crippen molar-refractivity contribution in [2.24, 2.45) is 29.1 Å². The lowest BCUT2D eigenvalue weighted by Crippen LogP contribution is -2.46. The third kappa shape index (κ3) is 6.16. The summed E-state index contributed by atoms with van der Waals surface area (Å²) in [6.45, 7) is 7.50. The van der Waals surface area contributed by atoms with E-state index in [2.05, 4.69) is 9.97 Å². The smallest absolute Gasteiger partial charge is 0.306 e. The van der Waals surface area contributed by atoms with Gasteiger partial charge in [-0.1, -0.05) is 27.7 Å². The topological polar surface area (TPSA) is 117 Å². The Morgan fingerprint density at radius 2 is 1.89 bits per heavy atom. The van der Waals surface area contributed by atoms with Gasteiger partial charge in [0, 0.05) is 25.0 Å². The Morgan fingerprint density at radius 1 is 1.11 bits per heavy atom. The minimum absolute atomic E-state index is 0.0337. The fraction of sp³-hybridized carbons (Fsp3) is 0.676. The number of hydrogen-bond acceptors (Lipinski definition) is 9. The van der Waals surface area contributed by atoms with Crippen molar-refractivity contribution in [3.63, 3.8) is 0 Å². The molecular weight excluding hydrogens is 600 g/mol. The van der Waals surface area contributed by atoms with Crippen LogP contribution in [0.4, 0.5) is 8.78 Å². The molecule has 250 valence electrons. The number of amides is 1. The van der Waals surface area contributed by atoms with Crippen molar-refractivity contribution in [3.05, 3.63) is 23.9 Å².